The number of aromatic nitrogens is 5. The van der Waals surface area contributed by atoms with E-state index in [9.17, 15) is 31.1 Å². The Kier molecular flexibility index (Phi) is 10.2. The van der Waals surface area contributed by atoms with Crippen molar-refractivity contribution in [2.24, 2.45) is 16.8 Å². The highest BCUT2D eigenvalue weighted by atomic mass is 19.4. The molecule has 0 spiro atoms. The summed E-state index contributed by atoms with van der Waals surface area (Å²) in [5.41, 5.74) is -1.33. The Morgan fingerprint density at radius 1 is 0.868 bits per heavy atom. The summed E-state index contributed by atoms with van der Waals surface area (Å²) in [5.74, 6) is 1.05. The number of alkyl halides is 6. The van der Waals surface area contributed by atoms with Crippen LogP contribution in [0.4, 0.5) is 38.1 Å². The van der Waals surface area contributed by atoms with Gasteiger partial charge in [0.05, 0.1) is 34.3 Å². The molecule has 0 unspecified atom stereocenters. The molecule has 3 aromatic heterocycles. The molecule has 2 fully saturated rings. The highest BCUT2D eigenvalue weighted by molar-refractivity contribution is 5.98. The number of anilines is 2. The summed E-state index contributed by atoms with van der Waals surface area (Å²) in [6.45, 7) is 9.08. The highest BCUT2D eigenvalue weighted by Crippen LogP contribution is 2.40. The Morgan fingerprint density at radius 2 is 1.43 bits per heavy atom. The Labute approximate surface area is 303 Å². The van der Waals surface area contributed by atoms with Gasteiger partial charge in [-0.2, -0.15) is 36.4 Å². The van der Waals surface area contributed by atoms with Crippen molar-refractivity contribution in [1.82, 2.24) is 29.6 Å². The Hall–Kier alpha value is -4.76. The van der Waals surface area contributed by atoms with Crippen LogP contribution in [0.3, 0.4) is 0 Å². The van der Waals surface area contributed by atoms with Gasteiger partial charge < -0.3 is 14.7 Å². The van der Waals surface area contributed by atoms with E-state index in [0.717, 1.165) is 49.9 Å². The molecule has 0 radical (unpaired) electrons. The summed E-state index contributed by atoms with van der Waals surface area (Å²) in [4.78, 5) is 35.9. The standard InChI is InChI=1S/C37H43F6N9O/c1-22-30-13-26(31(47-32(30)52(48-22)35(2,3)4)50(17-23-7-8-23)18-24-9-10-24)20-51(34-44-15-27(16-45-34)33(53)46-21-49(5)6)19-25-11-28(36(38,39)40)14-29(12-25)37(41,42)43/h11-16,21,23-24H,7-10,17-20H2,1-6H3. The molecule has 2 aliphatic carbocycles. The number of halogens is 6. The first-order valence-electron chi connectivity index (χ1n) is 17.5. The number of fused-ring (bicyclic) bond motifs is 1. The number of hydrogen-bond donors (Lipinski definition) is 0. The van der Waals surface area contributed by atoms with E-state index in [1.165, 1.54) is 23.6 Å². The lowest BCUT2D eigenvalue weighted by Gasteiger charge is -2.30. The minimum Gasteiger partial charge on any atom is -0.369 e. The Bertz CT molecular complexity index is 1940. The van der Waals surface area contributed by atoms with Gasteiger partial charge >= 0.3 is 12.4 Å². The number of hydrogen-bond acceptors (Lipinski definition) is 7. The lowest BCUT2D eigenvalue weighted by molar-refractivity contribution is -0.143. The van der Waals surface area contributed by atoms with E-state index in [1.807, 2.05) is 38.4 Å². The first-order chi connectivity index (χ1) is 24.8. The van der Waals surface area contributed by atoms with Crippen molar-refractivity contribution in [3.8, 4) is 0 Å². The average molecular weight is 744 g/mol. The number of pyridine rings is 1. The van der Waals surface area contributed by atoms with Gasteiger partial charge in [0.15, 0.2) is 5.65 Å². The molecule has 53 heavy (non-hydrogen) atoms. The lowest BCUT2D eigenvalue weighted by atomic mass is 10.0. The second-order valence-corrected chi connectivity index (χ2v) is 15.4. The van der Waals surface area contributed by atoms with E-state index in [-0.39, 0.29) is 29.7 Å². The molecule has 3 heterocycles. The topological polar surface area (TPSA) is 95.6 Å². The fourth-order valence-corrected chi connectivity index (χ4v) is 6.12. The summed E-state index contributed by atoms with van der Waals surface area (Å²) >= 11 is 0. The molecule has 0 bridgehead atoms. The highest BCUT2D eigenvalue weighted by Gasteiger charge is 2.38. The van der Waals surface area contributed by atoms with Crippen LogP contribution >= 0.6 is 0 Å². The van der Waals surface area contributed by atoms with E-state index in [0.29, 0.717) is 41.0 Å². The van der Waals surface area contributed by atoms with Crippen LogP contribution in [0, 0.1) is 18.8 Å². The number of rotatable bonds is 12. The summed E-state index contributed by atoms with van der Waals surface area (Å²) in [5, 5.41) is 5.58. The molecular formula is C37H43F6N9O. The van der Waals surface area contributed by atoms with Gasteiger partial charge in [0.25, 0.3) is 5.91 Å². The van der Waals surface area contributed by atoms with Gasteiger partial charge in [0.1, 0.15) is 5.82 Å². The van der Waals surface area contributed by atoms with E-state index in [4.69, 9.17) is 10.1 Å². The Balaban J connectivity index is 1.49. The maximum atomic E-state index is 13.9. The Morgan fingerprint density at radius 3 is 1.92 bits per heavy atom. The zero-order chi connectivity index (χ0) is 38.5. The van der Waals surface area contributed by atoms with Crippen LogP contribution in [0.15, 0.2) is 41.7 Å². The molecular weight excluding hydrogens is 700 g/mol. The molecule has 1 aromatic carbocycles. The van der Waals surface area contributed by atoms with Gasteiger partial charge in [0, 0.05) is 63.6 Å². The molecule has 1 amide bonds. The van der Waals surface area contributed by atoms with Gasteiger partial charge in [-0.3, -0.25) is 4.79 Å². The van der Waals surface area contributed by atoms with Crippen molar-refractivity contribution in [3.05, 3.63) is 70.2 Å². The molecule has 6 rings (SSSR count). The van der Waals surface area contributed by atoms with Gasteiger partial charge in [-0.15, -0.1) is 0 Å². The van der Waals surface area contributed by atoms with Crippen molar-refractivity contribution in [2.45, 2.75) is 84.4 Å². The lowest BCUT2D eigenvalue weighted by Crippen LogP contribution is -2.32. The number of carbonyl (C=O) groups excluding carboxylic acids is 1. The van der Waals surface area contributed by atoms with Crippen molar-refractivity contribution in [2.75, 3.05) is 37.0 Å². The number of amides is 1. The fraction of sp³-hybridized carbons (Fsp3) is 0.514. The normalized spacial score (nSPS) is 15.4. The average Bonchev–Trinajstić information content (AvgIpc) is 4.02. The minimum absolute atomic E-state index is 0.00630. The molecule has 0 atom stereocenters. The van der Waals surface area contributed by atoms with Gasteiger partial charge in [0.2, 0.25) is 5.95 Å². The molecule has 0 aliphatic heterocycles. The number of aliphatic imine (C=N–C) groups is 1. The predicted molar refractivity (Wildman–Crippen MR) is 190 cm³/mol. The van der Waals surface area contributed by atoms with Gasteiger partial charge in [-0.1, -0.05) is 0 Å². The second kappa shape index (κ2) is 14.2. The summed E-state index contributed by atoms with van der Waals surface area (Å²) in [6, 6.07) is 3.49. The van der Waals surface area contributed by atoms with Crippen LogP contribution in [-0.2, 0) is 31.0 Å². The number of nitrogens with zero attached hydrogens (tertiary/aromatic N) is 9. The largest absolute Gasteiger partial charge is 0.416 e. The summed E-state index contributed by atoms with van der Waals surface area (Å²) in [7, 11) is 3.39. The molecule has 10 nitrogen and oxygen atoms in total. The van der Waals surface area contributed by atoms with Crippen LogP contribution in [0.1, 0.15) is 84.8 Å². The first-order valence-corrected chi connectivity index (χ1v) is 17.5. The number of carbonyl (C=O) groups is 1. The maximum absolute atomic E-state index is 13.9. The quantitative estimate of drug-likeness (QED) is 0.0822. The van der Waals surface area contributed by atoms with Gasteiger partial charge in [-0.05, 0) is 95.0 Å². The van der Waals surface area contributed by atoms with Crippen molar-refractivity contribution >= 4 is 35.0 Å². The van der Waals surface area contributed by atoms with Crippen LogP contribution in [0.5, 0.6) is 0 Å². The molecule has 2 aliphatic rings. The molecule has 0 saturated heterocycles. The SMILES string of the molecule is Cc1nn(C(C)(C)C)c2nc(N(CC3CC3)CC3CC3)c(CN(Cc3cc(C(F)(F)F)cc(C(F)(F)F)c3)c3ncc(C(=O)N=CN(C)C)cn3)cc12. The zero-order valence-corrected chi connectivity index (χ0v) is 30.6. The predicted octanol–water partition coefficient (Wildman–Crippen LogP) is 7.89. The molecule has 4 aromatic rings. The monoisotopic (exact) mass is 743 g/mol. The van der Waals surface area contributed by atoms with Crippen LogP contribution < -0.4 is 9.80 Å². The summed E-state index contributed by atoms with van der Waals surface area (Å²) < 4.78 is 85.5. The van der Waals surface area contributed by atoms with Crippen molar-refractivity contribution < 1.29 is 31.1 Å². The van der Waals surface area contributed by atoms with Crippen molar-refractivity contribution in [3.63, 3.8) is 0 Å². The fourth-order valence-electron chi connectivity index (χ4n) is 6.12. The van der Waals surface area contributed by atoms with Crippen molar-refractivity contribution in [1.29, 1.82) is 0 Å². The van der Waals surface area contributed by atoms with E-state index < -0.39 is 41.5 Å². The zero-order valence-electron chi connectivity index (χ0n) is 30.6. The number of aryl methyl sites for hydroxylation is 1. The smallest absolute Gasteiger partial charge is 0.369 e. The third kappa shape index (κ3) is 9.25. The second-order valence-electron chi connectivity index (χ2n) is 15.4. The number of benzene rings is 1. The third-order valence-corrected chi connectivity index (χ3v) is 9.14. The van der Waals surface area contributed by atoms with Gasteiger partial charge in [-0.25, -0.2) is 19.6 Å². The first kappa shape index (κ1) is 38.0. The molecule has 284 valence electrons. The maximum Gasteiger partial charge on any atom is 0.416 e. The van der Waals surface area contributed by atoms with E-state index >= 15 is 0 Å². The van der Waals surface area contributed by atoms with E-state index in [1.54, 1.807) is 19.0 Å². The molecule has 16 heteroatoms. The minimum atomic E-state index is -5.02. The summed E-state index contributed by atoms with van der Waals surface area (Å²) in [6.07, 6.45) is -1.86. The third-order valence-electron chi connectivity index (χ3n) is 9.14. The van der Waals surface area contributed by atoms with Crippen LogP contribution in [0.2, 0.25) is 0 Å². The van der Waals surface area contributed by atoms with E-state index in [2.05, 4.69) is 19.9 Å². The molecule has 2 saturated carbocycles. The molecule has 0 N–H and O–H groups in total. The van der Waals surface area contributed by atoms with Crippen LogP contribution in [-0.4, -0.2) is 69.1 Å². The van der Waals surface area contributed by atoms with Crippen LogP contribution in [0.25, 0.3) is 11.0 Å².